The Morgan fingerprint density at radius 3 is 2.36 bits per heavy atom. The number of imidazole rings is 1. The lowest BCUT2D eigenvalue weighted by molar-refractivity contribution is -0.151. The number of hydrogen-bond acceptors (Lipinski definition) is 4. The highest BCUT2D eigenvalue weighted by molar-refractivity contribution is 6.09. The molecule has 0 saturated heterocycles. The maximum atomic E-state index is 13.4. The molecule has 1 aromatic heterocycles. The van der Waals surface area contributed by atoms with E-state index in [9.17, 15) is 14.0 Å². The molecule has 166 valence electrons. The topological polar surface area (TPSA) is 61.2 Å². The van der Waals surface area contributed by atoms with Crippen molar-refractivity contribution in [1.82, 2.24) is 9.55 Å². The van der Waals surface area contributed by atoms with Gasteiger partial charge in [-0.2, -0.15) is 0 Å². The highest BCUT2D eigenvalue weighted by Gasteiger charge is 2.24. The lowest BCUT2D eigenvalue weighted by Gasteiger charge is -2.21. The third-order valence-electron chi connectivity index (χ3n) is 5.47. The molecule has 4 aromatic rings. The number of aromatic nitrogens is 2. The van der Waals surface area contributed by atoms with Crippen molar-refractivity contribution in [2.24, 2.45) is 0 Å². The molecule has 0 saturated carbocycles. The van der Waals surface area contributed by atoms with Gasteiger partial charge in [-0.25, -0.2) is 9.37 Å². The van der Waals surface area contributed by atoms with Crippen LogP contribution in [0.25, 0.3) is 0 Å². The first-order chi connectivity index (χ1) is 16.0. The number of benzene rings is 3. The second kappa shape index (κ2) is 10.0. The second-order valence-corrected chi connectivity index (χ2v) is 7.78. The maximum Gasteiger partial charge on any atom is 0.313 e. The Kier molecular flexibility index (Phi) is 6.74. The van der Waals surface area contributed by atoms with Gasteiger partial charge in [0.25, 0.3) is 0 Å². The van der Waals surface area contributed by atoms with Crippen molar-refractivity contribution in [2.45, 2.75) is 25.5 Å². The summed E-state index contributed by atoms with van der Waals surface area (Å²) in [4.78, 5) is 29.9. The van der Waals surface area contributed by atoms with Crippen LogP contribution in [0.15, 0.2) is 97.6 Å². The smallest absolute Gasteiger partial charge is 0.313 e. The van der Waals surface area contributed by atoms with Crippen LogP contribution in [0.3, 0.4) is 0 Å². The van der Waals surface area contributed by atoms with E-state index in [1.165, 1.54) is 12.1 Å². The van der Waals surface area contributed by atoms with Crippen LogP contribution in [0.4, 0.5) is 4.39 Å². The molecule has 1 heterocycles. The van der Waals surface area contributed by atoms with Gasteiger partial charge in [-0.3, -0.25) is 9.59 Å². The molecular formula is C27H23FN2O3. The summed E-state index contributed by atoms with van der Waals surface area (Å²) in [5, 5.41) is 0. The van der Waals surface area contributed by atoms with E-state index >= 15 is 0 Å². The number of carbonyl (C=O) groups excluding carboxylic acids is 2. The fraction of sp³-hybridized carbons (Fsp3) is 0.148. The minimum atomic E-state index is -0.621. The minimum Gasteiger partial charge on any atom is -0.455 e. The molecule has 1 unspecified atom stereocenters. The SMILES string of the molecule is C[C@H](C(=O)OC(Cn1ccnc1)c1ccc(F)cc1)c1cccc(C(=O)c2ccccc2)c1. The van der Waals surface area contributed by atoms with Gasteiger partial charge in [0.1, 0.15) is 11.9 Å². The zero-order chi connectivity index (χ0) is 23.2. The van der Waals surface area contributed by atoms with Crippen LogP contribution in [0.1, 0.15) is 46.0 Å². The first-order valence-electron chi connectivity index (χ1n) is 10.6. The van der Waals surface area contributed by atoms with Crippen LogP contribution in [0.5, 0.6) is 0 Å². The Labute approximate surface area is 191 Å². The Balaban J connectivity index is 1.53. The van der Waals surface area contributed by atoms with Gasteiger partial charge in [-0.05, 0) is 36.2 Å². The van der Waals surface area contributed by atoms with Gasteiger partial charge in [0, 0.05) is 23.5 Å². The highest BCUT2D eigenvalue weighted by Crippen LogP contribution is 2.26. The average Bonchev–Trinajstić information content (AvgIpc) is 3.37. The molecule has 0 N–H and O–H groups in total. The van der Waals surface area contributed by atoms with E-state index in [1.54, 1.807) is 78.7 Å². The normalized spacial score (nSPS) is 12.7. The van der Waals surface area contributed by atoms with Crippen molar-refractivity contribution in [1.29, 1.82) is 0 Å². The Morgan fingerprint density at radius 2 is 1.67 bits per heavy atom. The molecule has 0 fully saturated rings. The van der Waals surface area contributed by atoms with Crippen molar-refractivity contribution < 1.29 is 18.7 Å². The predicted octanol–water partition coefficient (Wildman–Crippen LogP) is 5.34. The standard InChI is InChI=1S/C27H23FN2O3/c1-19(22-8-5-9-23(16-22)26(31)21-6-3-2-4-7-21)27(32)33-25(17-30-15-14-29-18-30)20-10-12-24(28)13-11-20/h2-16,18-19,25H,17H2,1H3/t19-,25?/m0/s1. The summed E-state index contributed by atoms with van der Waals surface area (Å²) in [6.45, 7) is 2.09. The van der Waals surface area contributed by atoms with Crippen molar-refractivity contribution in [3.63, 3.8) is 0 Å². The minimum absolute atomic E-state index is 0.109. The summed E-state index contributed by atoms with van der Waals surface area (Å²) in [7, 11) is 0. The summed E-state index contributed by atoms with van der Waals surface area (Å²) in [5.41, 5.74) is 2.45. The molecule has 0 spiro atoms. The number of ketones is 1. The molecule has 2 atom stereocenters. The van der Waals surface area contributed by atoms with E-state index < -0.39 is 18.0 Å². The molecule has 0 amide bonds. The van der Waals surface area contributed by atoms with Crippen LogP contribution in [0, 0.1) is 5.82 Å². The van der Waals surface area contributed by atoms with E-state index in [1.807, 2.05) is 18.2 Å². The molecule has 5 nitrogen and oxygen atoms in total. The third kappa shape index (κ3) is 5.41. The summed E-state index contributed by atoms with van der Waals surface area (Å²) in [5.74, 6) is -1.50. The summed E-state index contributed by atoms with van der Waals surface area (Å²) in [6.07, 6.45) is 4.42. The highest BCUT2D eigenvalue weighted by atomic mass is 19.1. The fourth-order valence-electron chi connectivity index (χ4n) is 3.56. The van der Waals surface area contributed by atoms with Gasteiger partial charge in [-0.1, -0.05) is 60.7 Å². The van der Waals surface area contributed by atoms with Crippen LogP contribution in [0.2, 0.25) is 0 Å². The van der Waals surface area contributed by atoms with Crippen LogP contribution in [-0.4, -0.2) is 21.3 Å². The maximum absolute atomic E-state index is 13.4. The zero-order valence-corrected chi connectivity index (χ0v) is 18.1. The zero-order valence-electron chi connectivity index (χ0n) is 18.1. The average molecular weight is 442 g/mol. The van der Waals surface area contributed by atoms with Crippen molar-refractivity contribution in [2.75, 3.05) is 0 Å². The van der Waals surface area contributed by atoms with Gasteiger partial charge in [0.05, 0.1) is 18.8 Å². The van der Waals surface area contributed by atoms with Crippen molar-refractivity contribution >= 4 is 11.8 Å². The number of carbonyl (C=O) groups is 2. The number of ether oxygens (including phenoxy) is 1. The quantitative estimate of drug-likeness (QED) is 0.273. The molecule has 6 heteroatoms. The van der Waals surface area contributed by atoms with E-state index in [0.717, 1.165) is 0 Å². The molecule has 0 aliphatic rings. The van der Waals surface area contributed by atoms with E-state index in [4.69, 9.17) is 4.74 Å². The van der Waals surface area contributed by atoms with Gasteiger partial charge < -0.3 is 9.30 Å². The lowest BCUT2D eigenvalue weighted by Crippen LogP contribution is -2.20. The van der Waals surface area contributed by atoms with Gasteiger partial charge in [0.15, 0.2) is 5.78 Å². The van der Waals surface area contributed by atoms with E-state index in [0.29, 0.717) is 28.8 Å². The van der Waals surface area contributed by atoms with Gasteiger partial charge in [0.2, 0.25) is 0 Å². The first-order valence-corrected chi connectivity index (χ1v) is 10.6. The fourth-order valence-corrected chi connectivity index (χ4v) is 3.56. The third-order valence-corrected chi connectivity index (χ3v) is 5.47. The predicted molar refractivity (Wildman–Crippen MR) is 122 cm³/mol. The van der Waals surface area contributed by atoms with Crippen molar-refractivity contribution in [3.05, 3.63) is 126 Å². The molecule has 4 rings (SSSR count). The molecule has 0 aliphatic carbocycles. The van der Waals surface area contributed by atoms with Gasteiger partial charge in [-0.15, -0.1) is 0 Å². The number of rotatable bonds is 8. The number of nitrogens with zero attached hydrogens (tertiary/aromatic N) is 2. The molecule has 33 heavy (non-hydrogen) atoms. The Hall–Kier alpha value is -4.06. The van der Waals surface area contributed by atoms with Crippen molar-refractivity contribution in [3.8, 4) is 0 Å². The number of esters is 1. The first kappa shape index (κ1) is 22.1. The van der Waals surface area contributed by atoms with E-state index in [2.05, 4.69) is 4.98 Å². The molecular weight excluding hydrogens is 419 g/mol. The molecule has 0 radical (unpaired) electrons. The summed E-state index contributed by atoms with van der Waals surface area (Å²) >= 11 is 0. The monoisotopic (exact) mass is 442 g/mol. The van der Waals surface area contributed by atoms with Crippen LogP contribution >= 0.6 is 0 Å². The van der Waals surface area contributed by atoms with Gasteiger partial charge >= 0.3 is 5.97 Å². The summed E-state index contributed by atoms with van der Waals surface area (Å²) in [6, 6.07) is 21.9. The Morgan fingerprint density at radius 1 is 0.939 bits per heavy atom. The largest absolute Gasteiger partial charge is 0.455 e. The molecule has 0 aliphatic heterocycles. The molecule has 3 aromatic carbocycles. The summed E-state index contributed by atoms with van der Waals surface area (Å²) < 4.78 is 21.1. The van der Waals surface area contributed by atoms with Crippen LogP contribution in [-0.2, 0) is 16.1 Å². The van der Waals surface area contributed by atoms with Crippen LogP contribution < -0.4 is 0 Å². The number of halogens is 1. The number of hydrogen-bond donors (Lipinski definition) is 0. The molecule has 0 bridgehead atoms. The Bertz CT molecular complexity index is 1220. The second-order valence-electron chi connectivity index (χ2n) is 7.78. The lowest BCUT2D eigenvalue weighted by atomic mass is 9.95. The van der Waals surface area contributed by atoms with E-state index in [-0.39, 0.29) is 11.6 Å².